The molecule has 2 nitrogen and oxygen atoms in total. The first-order valence-corrected chi connectivity index (χ1v) is 19.5. The molecular formula is C52H33NOS. The lowest BCUT2D eigenvalue weighted by molar-refractivity contribution is 0.669. The van der Waals surface area contributed by atoms with Crippen LogP contribution in [0.2, 0.25) is 0 Å². The summed E-state index contributed by atoms with van der Waals surface area (Å²) in [4.78, 5) is 2.37. The second-order valence-corrected chi connectivity index (χ2v) is 15.2. The summed E-state index contributed by atoms with van der Waals surface area (Å²) in [7, 11) is 0. The van der Waals surface area contributed by atoms with Gasteiger partial charge >= 0.3 is 0 Å². The minimum absolute atomic E-state index is 0.881. The lowest BCUT2D eigenvalue weighted by atomic mass is 9.96. The Balaban J connectivity index is 0.955. The molecule has 0 amide bonds. The molecule has 0 bridgehead atoms. The van der Waals surface area contributed by atoms with Gasteiger partial charge in [-0.05, 0) is 98.8 Å². The quantitative estimate of drug-likeness (QED) is 0.170. The van der Waals surface area contributed by atoms with Crippen LogP contribution in [0, 0.1) is 0 Å². The number of hydrogen-bond acceptors (Lipinski definition) is 3. The van der Waals surface area contributed by atoms with Gasteiger partial charge in [-0.3, -0.25) is 0 Å². The van der Waals surface area contributed by atoms with Crippen LogP contribution in [0.15, 0.2) is 205 Å². The Kier molecular flexibility index (Phi) is 7.39. The van der Waals surface area contributed by atoms with Gasteiger partial charge in [0.1, 0.15) is 11.2 Å². The Hall–Kier alpha value is -6.94. The standard InChI is InChI=1S/C52H33NOS/c1-2-10-38-32-41(24-23-34(38)9-1)40-12-7-11-39(31-40)37-21-19-35(20-22-37)36-25-27-42(28-26-36)53(43-29-30-45-44-13-3-5-17-49(44)54-50(45)33-43)48-16-8-15-47-46-14-4-6-18-51(46)55-52(47)48/h1-33H. The molecule has 0 spiro atoms. The maximum atomic E-state index is 6.39. The van der Waals surface area contributed by atoms with E-state index < -0.39 is 0 Å². The molecule has 0 saturated heterocycles. The SMILES string of the molecule is c1cc(-c2ccc(-c3ccc(N(c4ccc5c(c4)oc4ccccc45)c4cccc5c4sc4ccccc45)cc3)cc2)cc(-c2ccc3ccccc3c2)c1. The van der Waals surface area contributed by atoms with Gasteiger partial charge < -0.3 is 9.32 Å². The van der Waals surface area contributed by atoms with Crippen LogP contribution in [-0.4, -0.2) is 0 Å². The highest BCUT2D eigenvalue weighted by Gasteiger charge is 2.20. The van der Waals surface area contributed by atoms with E-state index in [1.54, 1.807) is 0 Å². The summed E-state index contributed by atoms with van der Waals surface area (Å²) in [6.07, 6.45) is 0. The summed E-state index contributed by atoms with van der Waals surface area (Å²) in [5, 5.41) is 7.34. The molecule has 0 N–H and O–H groups in total. The van der Waals surface area contributed by atoms with Crippen molar-refractivity contribution in [1.82, 2.24) is 0 Å². The van der Waals surface area contributed by atoms with Gasteiger partial charge in [-0.2, -0.15) is 0 Å². The van der Waals surface area contributed by atoms with E-state index >= 15 is 0 Å². The van der Waals surface area contributed by atoms with Crippen LogP contribution in [0.25, 0.3) is 86.3 Å². The molecule has 0 fully saturated rings. The monoisotopic (exact) mass is 719 g/mol. The van der Waals surface area contributed by atoms with E-state index in [-0.39, 0.29) is 0 Å². The lowest BCUT2D eigenvalue weighted by Gasteiger charge is -2.26. The number of para-hydroxylation sites is 1. The number of furan rings is 1. The van der Waals surface area contributed by atoms with Crippen molar-refractivity contribution in [2.24, 2.45) is 0 Å². The van der Waals surface area contributed by atoms with Crippen molar-refractivity contribution in [3.8, 4) is 33.4 Å². The Bertz CT molecular complexity index is 3210. The van der Waals surface area contributed by atoms with Crippen LogP contribution in [0.5, 0.6) is 0 Å². The number of hydrogen-bond donors (Lipinski definition) is 0. The van der Waals surface area contributed by atoms with Crippen molar-refractivity contribution in [2.75, 3.05) is 4.90 Å². The fraction of sp³-hybridized carbons (Fsp3) is 0. The second kappa shape index (κ2) is 12.9. The first kappa shape index (κ1) is 31.6. The van der Waals surface area contributed by atoms with Crippen LogP contribution in [-0.2, 0) is 0 Å². The van der Waals surface area contributed by atoms with Crippen LogP contribution < -0.4 is 4.90 Å². The van der Waals surface area contributed by atoms with Crippen LogP contribution in [0.3, 0.4) is 0 Å². The second-order valence-electron chi connectivity index (χ2n) is 14.1. The largest absolute Gasteiger partial charge is 0.456 e. The molecule has 0 unspecified atom stereocenters. The van der Waals surface area contributed by atoms with E-state index in [0.29, 0.717) is 0 Å². The number of nitrogens with zero attached hydrogens (tertiary/aromatic N) is 1. The molecule has 0 saturated carbocycles. The highest BCUT2D eigenvalue weighted by Crippen LogP contribution is 2.46. The molecule has 9 aromatic carbocycles. The summed E-state index contributed by atoms with van der Waals surface area (Å²) in [6, 6.07) is 72.2. The molecular weight excluding hydrogens is 687 g/mol. The summed E-state index contributed by atoms with van der Waals surface area (Å²) in [5.74, 6) is 0. The number of fused-ring (bicyclic) bond motifs is 7. The third-order valence-corrected chi connectivity index (χ3v) is 12.1. The molecule has 2 heterocycles. The number of benzene rings is 9. The number of anilines is 3. The van der Waals surface area contributed by atoms with Crippen LogP contribution in [0.1, 0.15) is 0 Å². The molecule has 2 aromatic heterocycles. The molecule has 11 rings (SSSR count). The van der Waals surface area contributed by atoms with Crippen LogP contribution in [0.4, 0.5) is 17.1 Å². The van der Waals surface area contributed by atoms with Crippen molar-refractivity contribution in [3.63, 3.8) is 0 Å². The van der Waals surface area contributed by atoms with Crippen molar-refractivity contribution >= 4 is 81.3 Å². The predicted octanol–water partition coefficient (Wildman–Crippen LogP) is 15.6. The lowest BCUT2D eigenvalue weighted by Crippen LogP contribution is -2.10. The zero-order valence-electron chi connectivity index (χ0n) is 29.8. The highest BCUT2D eigenvalue weighted by molar-refractivity contribution is 7.26. The van der Waals surface area contributed by atoms with Gasteiger partial charge in [0.15, 0.2) is 0 Å². The fourth-order valence-corrected chi connectivity index (χ4v) is 9.30. The van der Waals surface area contributed by atoms with Gasteiger partial charge in [-0.1, -0.05) is 140 Å². The van der Waals surface area contributed by atoms with E-state index in [1.807, 2.05) is 23.5 Å². The Morgan fingerprint density at radius 3 is 1.76 bits per heavy atom. The molecule has 0 aliphatic rings. The summed E-state index contributed by atoms with van der Waals surface area (Å²) in [5.41, 5.74) is 12.3. The third kappa shape index (κ3) is 5.48. The highest BCUT2D eigenvalue weighted by atomic mass is 32.1. The van der Waals surface area contributed by atoms with E-state index in [1.165, 1.54) is 64.3 Å². The summed E-state index contributed by atoms with van der Waals surface area (Å²) in [6.45, 7) is 0. The van der Waals surface area contributed by atoms with E-state index in [4.69, 9.17) is 4.42 Å². The first-order valence-electron chi connectivity index (χ1n) is 18.7. The average Bonchev–Trinajstić information content (AvgIpc) is 3.83. The molecule has 55 heavy (non-hydrogen) atoms. The van der Waals surface area contributed by atoms with Crippen molar-refractivity contribution in [3.05, 3.63) is 200 Å². The molecule has 0 atom stereocenters. The molecule has 11 aromatic rings. The first-order chi connectivity index (χ1) is 27.2. The zero-order valence-corrected chi connectivity index (χ0v) is 30.6. The molecule has 0 radical (unpaired) electrons. The average molecular weight is 720 g/mol. The van der Waals surface area contributed by atoms with Crippen molar-refractivity contribution in [1.29, 1.82) is 0 Å². The van der Waals surface area contributed by atoms with Gasteiger partial charge in [0.2, 0.25) is 0 Å². The minimum Gasteiger partial charge on any atom is -0.456 e. The zero-order chi connectivity index (χ0) is 36.3. The van der Waals surface area contributed by atoms with Gasteiger partial charge in [-0.25, -0.2) is 0 Å². The Morgan fingerprint density at radius 2 is 0.927 bits per heavy atom. The molecule has 0 aliphatic heterocycles. The maximum Gasteiger partial charge on any atom is 0.137 e. The van der Waals surface area contributed by atoms with Crippen LogP contribution >= 0.6 is 11.3 Å². The van der Waals surface area contributed by atoms with Gasteiger partial charge in [0, 0.05) is 43.7 Å². The summed E-state index contributed by atoms with van der Waals surface area (Å²) >= 11 is 1.85. The Morgan fingerprint density at radius 1 is 0.345 bits per heavy atom. The third-order valence-electron chi connectivity index (χ3n) is 10.9. The molecule has 3 heteroatoms. The number of rotatable bonds is 6. The normalized spacial score (nSPS) is 11.6. The molecule has 258 valence electrons. The molecule has 0 aliphatic carbocycles. The van der Waals surface area contributed by atoms with Gasteiger partial charge in [0.25, 0.3) is 0 Å². The number of thiophene rings is 1. The van der Waals surface area contributed by atoms with Crippen molar-refractivity contribution in [2.45, 2.75) is 0 Å². The van der Waals surface area contributed by atoms with E-state index in [9.17, 15) is 0 Å². The fourth-order valence-electron chi connectivity index (χ4n) is 8.09. The van der Waals surface area contributed by atoms with Crippen molar-refractivity contribution < 1.29 is 4.42 Å². The summed E-state index contributed by atoms with van der Waals surface area (Å²) < 4.78 is 8.94. The van der Waals surface area contributed by atoms with Gasteiger partial charge in [0.05, 0.1) is 10.4 Å². The smallest absolute Gasteiger partial charge is 0.137 e. The maximum absolute atomic E-state index is 6.39. The predicted molar refractivity (Wildman–Crippen MR) is 235 cm³/mol. The van der Waals surface area contributed by atoms with E-state index in [0.717, 1.165) is 39.0 Å². The van der Waals surface area contributed by atoms with Gasteiger partial charge in [-0.15, -0.1) is 11.3 Å². The minimum atomic E-state index is 0.881. The topological polar surface area (TPSA) is 16.4 Å². The Labute approximate surface area is 322 Å². The van der Waals surface area contributed by atoms with E-state index in [2.05, 4.69) is 193 Å².